The van der Waals surface area contributed by atoms with Gasteiger partial charge in [0.05, 0.1) is 20.0 Å². The van der Waals surface area contributed by atoms with Crippen molar-refractivity contribution in [3.63, 3.8) is 0 Å². The first kappa shape index (κ1) is 22.2. The van der Waals surface area contributed by atoms with Crippen LogP contribution < -0.4 is 9.47 Å². The Balaban J connectivity index is 1.80. The maximum Gasteiger partial charge on any atom is 0.328 e. The second-order valence-electron chi connectivity index (χ2n) is 7.37. The smallest absolute Gasteiger partial charge is 0.328 e. The van der Waals surface area contributed by atoms with Crippen molar-refractivity contribution in [3.8, 4) is 22.6 Å². The van der Waals surface area contributed by atoms with Crippen molar-refractivity contribution in [2.24, 2.45) is 5.16 Å². The van der Waals surface area contributed by atoms with Crippen LogP contribution in [0.25, 0.3) is 11.1 Å². The quantitative estimate of drug-likeness (QED) is 0.310. The van der Waals surface area contributed by atoms with Gasteiger partial charge in [-0.1, -0.05) is 44.2 Å². The Hall–Kier alpha value is -2.54. The Labute approximate surface area is 179 Å². The molecular formula is C23H29NO5S. The Morgan fingerprint density at radius 1 is 0.767 bits per heavy atom. The van der Waals surface area contributed by atoms with Gasteiger partial charge in [0.2, 0.25) is 0 Å². The topological polar surface area (TPSA) is 74.2 Å². The van der Waals surface area contributed by atoms with Gasteiger partial charge in [-0.3, -0.25) is 4.28 Å². The number of methoxy groups -OCH3 is 2. The van der Waals surface area contributed by atoms with Gasteiger partial charge in [0.25, 0.3) is 0 Å². The summed E-state index contributed by atoms with van der Waals surface area (Å²) in [5.74, 6) is 1.39. The molecule has 6 nitrogen and oxygen atoms in total. The predicted molar refractivity (Wildman–Crippen MR) is 119 cm³/mol. The molecule has 0 amide bonds. The van der Waals surface area contributed by atoms with E-state index in [9.17, 15) is 8.42 Å². The Kier molecular flexibility index (Phi) is 7.37. The van der Waals surface area contributed by atoms with Crippen molar-refractivity contribution >= 4 is 15.8 Å². The van der Waals surface area contributed by atoms with Crippen molar-refractivity contribution in [1.82, 2.24) is 0 Å². The molecule has 0 aliphatic heterocycles. The number of hydrogen-bond acceptors (Lipinski definition) is 6. The van der Waals surface area contributed by atoms with Crippen LogP contribution in [0, 0.1) is 0 Å². The summed E-state index contributed by atoms with van der Waals surface area (Å²) in [6, 6.07) is 11.2. The molecule has 0 spiro atoms. The summed E-state index contributed by atoms with van der Waals surface area (Å²) in [6.45, 7) is 2.16. The molecule has 2 aromatic carbocycles. The van der Waals surface area contributed by atoms with Crippen LogP contribution in [0.3, 0.4) is 0 Å². The minimum Gasteiger partial charge on any atom is -0.497 e. The summed E-state index contributed by atoms with van der Waals surface area (Å²) in [7, 11) is -0.515. The maximum atomic E-state index is 12.3. The second-order valence-corrected chi connectivity index (χ2v) is 9.04. The van der Waals surface area contributed by atoms with Gasteiger partial charge < -0.3 is 9.47 Å². The number of rotatable bonds is 11. The number of fused-ring (bicyclic) bond motifs is 3. The summed E-state index contributed by atoms with van der Waals surface area (Å²) >= 11 is 0. The largest absolute Gasteiger partial charge is 0.497 e. The maximum absolute atomic E-state index is 12.3. The highest BCUT2D eigenvalue weighted by Gasteiger charge is 2.27. The lowest BCUT2D eigenvalue weighted by Crippen LogP contribution is -2.10. The molecule has 0 unspecified atom stereocenters. The van der Waals surface area contributed by atoms with E-state index in [0.717, 1.165) is 41.5 Å². The van der Waals surface area contributed by atoms with E-state index in [1.165, 1.54) is 12.8 Å². The molecule has 1 aliphatic carbocycles. The Morgan fingerprint density at radius 3 is 1.83 bits per heavy atom. The van der Waals surface area contributed by atoms with E-state index in [0.29, 0.717) is 23.6 Å². The van der Waals surface area contributed by atoms with Crippen LogP contribution in [-0.2, 0) is 14.4 Å². The van der Waals surface area contributed by atoms with Crippen LogP contribution in [0.15, 0.2) is 41.6 Å². The van der Waals surface area contributed by atoms with Crippen LogP contribution in [0.1, 0.15) is 56.6 Å². The fourth-order valence-electron chi connectivity index (χ4n) is 3.59. The molecule has 0 radical (unpaired) electrons. The zero-order valence-corrected chi connectivity index (χ0v) is 18.6. The highest BCUT2D eigenvalue weighted by Crippen LogP contribution is 2.40. The average molecular weight is 432 g/mol. The molecule has 30 heavy (non-hydrogen) atoms. The molecule has 0 atom stereocenters. The molecule has 1 aliphatic rings. The van der Waals surface area contributed by atoms with Crippen molar-refractivity contribution in [3.05, 3.63) is 47.5 Å². The summed E-state index contributed by atoms with van der Waals surface area (Å²) < 4.78 is 40.4. The van der Waals surface area contributed by atoms with Crippen LogP contribution in [0.5, 0.6) is 11.5 Å². The number of benzene rings is 2. The molecule has 3 rings (SSSR count). The van der Waals surface area contributed by atoms with Gasteiger partial charge in [-0.25, -0.2) is 0 Å². The monoisotopic (exact) mass is 431 g/mol. The molecule has 7 heteroatoms. The van der Waals surface area contributed by atoms with Crippen molar-refractivity contribution in [2.45, 2.75) is 45.4 Å². The van der Waals surface area contributed by atoms with E-state index in [4.69, 9.17) is 13.8 Å². The summed E-state index contributed by atoms with van der Waals surface area (Å²) in [4.78, 5) is 0. The van der Waals surface area contributed by atoms with Crippen molar-refractivity contribution in [1.29, 1.82) is 0 Å². The third-order valence-electron chi connectivity index (χ3n) is 5.24. The predicted octanol–water partition coefficient (Wildman–Crippen LogP) is 5.14. The van der Waals surface area contributed by atoms with Gasteiger partial charge in [0, 0.05) is 11.1 Å². The first-order chi connectivity index (χ1) is 14.5. The van der Waals surface area contributed by atoms with E-state index >= 15 is 0 Å². The third kappa shape index (κ3) is 5.14. The van der Waals surface area contributed by atoms with Crippen molar-refractivity contribution in [2.75, 3.05) is 20.0 Å². The van der Waals surface area contributed by atoms with Gasteiger partial charge >= 0.3 is 10.1 Å². The minimum atomic E-state index is -3.73. The molecule has 0 heterocycles. The zero-order valence-electron chi connectivity index (χ0n) is 17.8. The molecule has 162 valence electrons. The minimum absolute atomic E-state index is 0.0269. The average Bonchev–Trinajstić information content (AvgIpc) is 3.06. The number of ether oxygens (including phenoxy) is 2. The number of hydrogen-bond donors (Lipinski definition) is 0. The third-order valence-corrected chi connectivity index (χ3v) is 6.33. The van der Waals surface area contributed by atoms with Crippen LogP contribution >= 0.6 is 0 Å². The standard InChI is InChI=1S/C23H29NO5S/c1-4-5-6-7-8-9-14-30(25,26)29-24-23-19-12-10-17(27-2)15-21(19)22-16-18(28-3)11-13-20(22)23/h10-13,15-16H,4-9,14H2,1-3H3. The first-order valence-electron chi connectivity index (χ1n) is 10.4. The molecule has 0 saturated heterocycles. The van der Waals surface area contributed by atoms with Crippen LogP contribution in [-0.4, -0.2) is 34.1 Å². The summed E-state index contributed by atoms with van der Waals surface area (Å²) in [6.07, 6.45) is 6.00. The van der Waals surface area contributed by atoms with Gasteiger partial charge in [-0.05, 0) is 53.9 Å². The molecular weight excluding hydrogens is 402 g/mol. The van der Waals surface area contributed by atoms with E-state index in [1.807, 2.05) is 36.4 Å². The van der Waals surface area contributed by atoms with Crippen LogP contribution in [0.4, 0.5) is 0 Å². The normalized spacial score (nSPS) is 12.3. The Morgan fingerprint density at radius 2 is 1.30 bits per heavy atom. The van der Waals surface area contributed by atoms with E-state index in [1.54, 1.807) is 14.2 Å². The molecule has 0 aromatic heterocycles. The van der Waals surface area contributed by atoms with Gasteiger partial charge in [-0.2, -0.15) is 8.42 Å². The zero-order chi connectivity index (χ0) is 21.6. The van der Waals surface area contributed by atoms with Gasteiger partial charge in [0.15, 0.2) is 0 Å². The first-order valence-corrected chi connectivity index (χ1v) is 11.9. The van der Waals surface area contributed by atoms with Gasteiger partial charge in [-0.15, -0.1) is 0 Å². The molecule has 0 bridgehead atoms. The fourth-order valence-corrected chi connectivity index (χ4v) is 4.41. The van der Waals surface area contributed by atoms with E-state index in [-0.39, 0.29) is 5.75 Å². The highest BCUT2D eigenvalue weighted by atomic mass is 32.2. The molecule has 0 saturated carbocycles. The molecule has 0 N–H and O–H groups in total. The van der Waals surface area contributed by atoms with E-state index < -0.39 is 10.1 Å². The van der Waals surface area contributed by atoms with Crippen molar-refractivity contribution < 1.29 is 22.2 Å². The van der Waals surface area contributed by atoms with Gasteiger partial charge in [0.1, 0.15) is 17.2 Å². The molecule has 0 fully saturated rings. The lowest BCUT2D eigenvalue weighted by molar-refractivity contribution is 0.338. The fraction of sp³-hybridized carbons (Fsp3) is 0.435. The SMILES string of the molecule is CCCCCCCCS(=O)(=O)ON=C1c2ccc(OC)cc2-c2cc(OC)ccc21. The number of unbranched alkanes of at least 4 members (excludes halogenated alkanes) is 5. The second kappa shape index (κ2) is 9.98. The summed E-state index contributed by atoms with van der Waals surface area (Å²) in [5.41, 5.74) is 3.90. The van der Waals surface area contributed by atoms with Crippen LogP contribution in [0.2, 0.25) is 0 Å². The lowest BCUT2D eigenvalue weighted by atomic mass is 10.1. The summed E-state index contributed by atoms with van der Waals surface area (Å²) in [5, 5.41) is 4.06. The lowest BCUT2D eigenvalue weighted by Gasteiger charge is -2.05. The Bertz CT molecular complexity index is 959. The highest BCUT2D eigenvalue weighted by molar-refractivity contribution is 7.86. The van der Waals surface area contributed by atoms with E-state index in [2.05, 4.69) is 12.1 Å². The number of nitrogens with zero attached hydrogens (tertiary/aromatic N) is 1. The number of oxime groups is 1. The molecule has 2 aromatic rings.